The molecule has 150 valence electrons. The molecular weight excluding hydrogens is 374 g/mol. The molecule has 0 atom stereocenters. The van der Waals surface area contributed by atoms with Gasteiger partial charge in [-0.2, -0.15) is 0 Å². The van der Waals surface area contributed by atoms with Gasteiger partial charge < -0.3 is 0 Å². The molecule has 0 saturated carbocycles. The predicted octanol–water partition coefficient (Wildman–Crippen LogP) is 4.64. The second-order valence-corrected chi connectivity index (χ2v) is 8.18. The maximum Gasteiger partial charge on any atom is 0.265 e. The number of hydrogen-bond acceptors (Lipinski definition) is 4. The Hall–Kier alpha value is -3.54. The van der Waals surface area contributed by atoms with Crippen LogP contribution in [0.3, 0.4) is 0 Å². The molecule has 0 amide bonds. The monoisotopic (exact) mass is 397 g/mol. The zero-order valence-electron chi connectivity index (χ0n) is 17.3. The van der Waals surface area contributed by atoms with E-state index in [0.29, 0.717) is 34.7 Å². The van der Waals surface area contributed by atoms with Crippen LogP contribution in [0.1, 0.15) is 25.8 Å². The highest BCUT2D eigenvalue weighted by molar-refractivity contribution is 6.05. The maximum atomic E-state index is 13.4. The Morgan fingerprint density at radius 3 is 2.47 bits per heavy atom. The second kappa shape index (κ2) is 7.06. The zero-order chi connectivity index (χ0) is 20.8. The van der Waals surface area contributed by atoms with Crippen molar-refractivity contribution in [2.24, 2.45) is 5.92 Å². The number of aromatic nitrogens is 5. The van der Waals surface area contributed by atoms with Gasteiger partial charge >= 0.3 is 0 Å². The third kappa shape index (κ3) is 2.96. The van der Waals surface area contributed by atoms with Gasteiger partial charge in [-0.1, -0.05) is 38.1 Å². The summed E-state index contributed by atoms with van der Waals surface area (Å²) in [7, 11) is 0. The molecule has 0 bridgehead atoms. The third-order valence-corrected chi connectivity index (χ3v) is 5.44. The first-order chi connectivity index (χ1) is 14.5. The van der Waals surface area contributed by atoms with Crippen molar-refractivity contribution in [1.82, 2.24) is 24.1 Å². The van der Waals surface area contributed by atoms with E-state index in [0.717, 1.165) is 28.7 Å². The normalized spacial score (nSPS) is 11.9. The standard InChI is InChI=1S/C24H23N5O/c1-15(2)11-12-28-14-25-22-20(24(28)30)21-23(27-19-10-5-4-9-18(19)26-21)29(22)17-8-6-7-16(3)13-17/h4-10,13-15H,11-12H2,1-3H3. The highest BCUT2D eigenvalue weighted by Gasteiger charge is 2.20. The van der Waals surface area contributed by atoms with Crippen LogP contribution < -0.4 is 5.56 Å². The van der Waals surface area contributed by atoms with Crippen molar-refractivity contribution in [3.63, 3.8) is 0 Å². The molecule has 0 saturated heterocycles. The topological polar surface area (TPSA) is 65.6 Å². The van der Waals surface area contributed by atoms with Crippen molar-refractivity contribution in [3.05, 3.63) is 70.8 Å². The van der Waals surface area contributed by atoms with Gasteiger partial charge in [-0.15, -0.1) is 0 Å². The van der Waals surface area contributed by atoms with Gasteiger partial charge in [0.25, 0.3) is 5.56 Å². The van der Waals surface area contributed by atoms with E-state index in [9.17, 15) is 4.79 Å². The van der Waals surface area contributed by atoms with Gasteiger partial charge in [0.1, 0.15) is 10.9 Å². The molecule has 6 heteroatoms. The first kappa shape index (κ1) is 18.5. The summed E-state index contributed by atoms with van der Waals surface area (Å²) in [5.41, 5.74) is 5.39. The van der Waals surface area contributed by atoms with Crippen molar-refractivity contribution in [1.29, 1.82) is 0 Å². The fourth-order valence-corrected chi connectivity index (χ4v) is 3.84. The fourth-order valence-electron chi connectivity index (χ4n) is 3.84. The average molecular weight is 397 g/mol. The van der Waals surface area contributed by atoms with Crippen molar-refractivity contribution in [2.45, 2.75) is 33.7 Å². The average Bonchev–Trinajstić information content (AvgIpc) is 3.05. The predicted molar refractivity (Wildman–Crippen MR) is 120 cm³/mol. The number of benzene rings is 2. The summed E-state index contributed by atoms with van der Waals surface area (Å²) in [4.78, 5) is 27.9. The Kier molecular flexibility index (Phi) is 4.35. The smallest absolute Gasteiger partial charge is 0.265 e. The number of aryl methyl sites for hydroxylation is 2. The van der Waals surface area contributed by atoms with Crippen molar-refractivity contribution in [2.75, 3.05) is 0 Å². The van der Waals surface area contributed by atoms with E-state index in [1.165, 1.54) is 0 Å². The van der Waals surface area contributed by atoms with E-state index >= 15 is 0 Å². The van der Waals surface area contributed by atoms with Crippen LogP contribution in [0.4, 0.5) is 0 Å². The molecule has 3 heterocycles. The van der Waals surface area contributed by atoms with Gasteiger partial charge in [0.15, 0.2) is 11.3 Å². The highest BCUT2D eigenvalue weighted by Crippen LogP contribution is 2.28. The van der Waals surface area contributed by atoms with Crippen LogP contribution in [-0.2, 0) is 6.54 Å². The SMILES string of the molecule is Cc1cccc(-n2c3nc4ccccc4nc3c3c(=O)n(CCC(C)C)cnc32)c1. The molecule has 0 radical (unpaired) electrons. The second-order valence-electron chi connectivity index (χ2n) is 8.18. The van der Waals surface area contributed by atoms with E-state index in [1.807, 2.05) is 54.0 Å². The molecule has 0 N–H and O–H groups in total. The fraction of sp³-hybridized carbons (Fsp3) is 0.250. The lowest BCUT2D eigenvalue weighted by atomic mass is 10.1. The molecule has 3 aromatic heterocycles. The van der Waals surface area contributed by atoms with E-state index in [4.69, 9.17) is 15.0 Å². The number of rotatable bonds is 4. The summed E-state index contributed by atoms with van der Waals surface area (Å²) in [6.07, 6.45) is 2.57. The molecule has 0 aliphatic heterocycles. The van der Waals surface area contributed by atoms with Crippen LogP contribution in [-0.4, -0.2) is 24.1 Å². The Morgan fingerprint density at radius 2 is 1.73 bits per heavy atom. The van der Waals surface area contributed by atoms with E-state index < -0.39 is 0 Å². The molecule has 0 fully saturated rings. The van der Waals surface area contributed by atoms with Gasteiger partial charge in [-0.3, -0.25) is 13.9 Å². The van der Waals surface area contributed by atoms with Crippen LogP contribution >= 0.6 is 0 Å². The van der Waals surface area contributed by atoms with E-state index in [2.05, 4.69) is 19.9 Å². The molecule has 0 spiro atoms. The van der Waals surface area contributed by atoms with Crippen LogP contribution in [0, 0.1) is 12.8 Å². The first-order valence-electron chi connectivity index (χ1n) is 10.3. The maximum absolute atomic E-state index is 13.4. The molecule has 0 aliphatic carbocycles. The van der Waals surface area contributed by atoms with Crippen molar-refractivity contribution < 1.29 is 0 Å². The summed E-state index contributed by atoms with van der Waals surface area (Å²) >= 11 is 0. The highest BCUT2D eigenvalue weighted by atomic mass is 16.1. The van der Waals surface area contributed by atoms with Crippen molar-refractivity contribution in [3.8, 4) is 5.69 Å². The van der Waals surface area contributed by atoms with Gasteiger partial charge in [0.2, 0.25) is 0 Å². The molecule has 5 rings (SSSR count). The Balaban J connectivity index is 1.90. The zero-order valence-corrected chi connectivity index (χ0v) is 17.3. The van der Waals surface area contributed by atoms with Crippen molar-refractivity contribution >= 4 is 33.2 Å². The van der Waals surface area contributed by atoms with Gasteiger partial charge in [0.05, 0.1) is 17.4 Å². The number of fused-ring (bicyclic) bond motifs is 4. The van der Waals surface area contributed by atoms with Gasteiger partial charge in [0, 0.05) is 12.2 Å². The summed E-state index contributed by atoms with van der Waals surface area (Å²) < 4.78 is 3.64. The summed E-state index contributed by atoms with van der Waals surface area (Å²) in [6.45, 7) is 6.98. The largest absolute Gasteiger partial charge is 0.299 e. The van der Waals surface area contributed by atoms with Crippen LogP contribution in [0.15, 0.2) is 59.7 Å². The molecular formula is C24H23N5O. The van der Waals surface area contributed by atoms with Crippen LogP contribution in [0.25, 0.3) is 38.9 Å². The number of para-hydroxylation sites is 2. The summed E-state index contributed by atoms with van der Waals surface area (Å²) in [5, 5.41) is 0.524. The quantitative estimate of drug-likeness (QED) is 0.443. The minimum atomic E-state index is -0.0679. The Morgan fingerprint density at radius 1 is 0.967 bits per heavy atom. The summed E-state index contributed by atoms with van der Waals surface area (Å²) in [6, 6.07) is 15.9. The molecule has 2 aromatic carbocycles. The lowest BCUT2D eigenvalue weighted by Crippen LogP contribution is -2.21. The van der Waals surface area contributed by atoms with Gasteiger partial charge in [-0.25, -0.2) is 15.0 Å². The number of nitrogens with zero attached hydrogens (tertiary/aromatic N) is 5. The molecule has 0 aliphatic rings. The van der Waals surface area contributed by atoms with Crippen LogP contribution in [0.5, 0.6) is 0 Å². The summed E-state index contributed by atoms with van der Waals surface area (Å²) in [5.74, 6) is 0.505. The minimum absolute atomic E-state index is 0.0679. The van der Waals surface area contributed by atoms with E-state index in [1.54, 1.807) is 10.9 Å². The molecule has 5 aromatic rings. The minimum Gasteiger partial charge on any atom is -0.299 e. The van der Waals surface area contributed by atoms with E-state index in [-0.39, 0.29) is 5.56 Å². The molecule has 30 heavy (non-hydrogen) atoms. The lowest BCUT2D eigenvalue weighted by molar-refractivity contribution is 0.506. The lowest BCUT2D eigenvalue weighted by Gasteiger charge is -2.09. The molecule has 0 unspecified atom stereocenters. The Labute approximate surface area is 173 Å². The Bertz CT molecular complexity index is 1460. The third-order valence-electron chi connectivity index (χ3n) is 5.44. The van der Waals surface area contributed by atoms with Gasteiger partial charge in [-0.05, 0) is 49.1 Å². The van der Waals surface area contributed by atoms with Crippen LogP contribution in [0.2, 0.25) is 0 Å². The number of hydrogen-bond donors (Lipinski definition) is 0. The molecule has 6 nitrogen and oxygen atoms in total. The first-order valence-corrected chi connectivity index (χ1v) is 10.3.